The molecule has 34 valence electrons. The molecule has 0 aliphatic rings. The van der Waals surface area contributed by atoms with E-state index in [1.54, 1.807) is 6.08 Å². The van der Waals surface area contributed by atoms with Crippen LogP contribution in [0.15, 0.2) is 23.2 Å². The molecule has 0 heterocycles. The third-order valence-corrected chi connectivity index (χ3v) is 0.612. The molecule has 0 radical (unpaired) electrons. The standard InChI is InChI=1S/C5H7Br/c1-3-4-5(2)6/h3-4H,1H2,2H3/b5-4+. The van der Waals surface area contributed by atoms with E-state index in [1.165, 1.54) is 0 Å². The number of allylic oxidation sites excluding steroid dienone is 3. The van der Waals surface area contributed by atoms with E-state index < -0.39 is 0 Å². The minimum atomic E-state index is 1.11. The summed E-state index contributed by atoms with van der Waals surface area (Å²) >= 11 is 3.22. The van der Waals surface area contributed by atoms with Gasteiger partial charge in [0.2, 0.25) is 0 Å². The summed E-state index contributed by atoms with van der Waals surface area (Å²) in [5, 5.41) is 0. The van der Waals surface area contributed by atoms with Crippen molar-refractivity contribution in [3.8, 4) is 0 Å². The van der Waals surface area contributed by atoms with Gasteiger partial charge in [0.25, 0.3) is 0 Å². The van der Waals surface area contributed by atoms with Gasteiger partial charge in [-0.05, 0) is 11.4 Å². The van der Waals surface area contributed by atoms with Gasteiger partial charge in [-0.25, -0.2) is 0 Å². The second-order valence-electron chi connectivity index (χ2n) is 0.989. The van der Waals surface area contributed by atoms with E-state index in [0.717, 1.165) is 4.48 Å². The summed E-state index contributed by atoms with van der Waals surface area (Å²) in [5.41, 5.74) is 0. The Morgan fingerprint density at radius 2 is 2.33 bits per heavy atom. The lowest BCUT2D eigenvalue weighted by Crippen LogP contribution is -1.47. The van der Waals surface area contributed by atoms with Gasteiger partial charge in [0, 0.05) is 0 Å². The zero-order valence-corrected chi connectivity index (χ0v) is 5.33. The van der Waals surface area contributed by atoms with Crippen molar-refractivity contribution in [2.24, 2.45) is 0 Å². The Morgan fingerprint density at radius 1 is 1.83 bits per heavy atom. The molecule has 0 saturated carbocycles. The number of hydrogen-bond acceptors (Lipinski definition) is 0. The highest BCUT2D eigenvalue weighted by Crippen LogP contribution is 1.99. The molecule has 0 saturated heterocycles. The Labute approximate surface area is 46.7 Å². The van der Waals surface area contributed by atoms with Crippen molar-refractivity contribution in [1.82, 2.24) is 0 Å². The van der Waals surface area contributed by atoms with Gasteiger partial charge >= 0.3 is 0 Å². The molecule has 0 N–H and O–H groups in total. The summed E-state index contributed by atoms with van der Waals surface area (Å²) in [5.74, 6) is 0. The third kappa shape index (κ3) is 3.96. The fourth-order valence-corrected chi connectivity index (χ4v) is 0.349. The highest BCUT2D eigenvalue weighted by molar-refractivity contribution is 9.11. The maximum Gasteiger partial charge on any atom is -0.00806 e. The van der Waals surface area contributed by atoms with Gasteiger partial charge in [-0.2, -0.15) is 0 Å². The summed E-state index contributed by atoms with van der Waals surface area (Å²) in [6.45, 7) is 5.45. The molecule has 0 aromatic carbocycles. The van der Waals surface area contributed by atoms with Crippen LogP contribution in [-0.4, -0.2) is 0 Å². The van der Waals surface area contributed by atoms with Gasteiger partial charge < -0.3 is 0 Å². The monoisotopic (exact) mass is 146 g/mol. The highest BCUT2D eigenvalue weighted by atomic mass is 79.9. The van der Waals surface area contributed by atoms with Crippen LogP contribution < -0.4 is 0 Å². The van der Waals surface area contributed by atoms with Crippen LogP contribution in [0.25, 0.3) is 0 Å². The molecule has 0 rings (SSSR count). The average Bonchev–Trinajstić information content (AvgIpc) is 1.35. The van der Waals surface area contributed by atoms with Crippen LogP contribution in [0.2, 0.25) is 0 Å². The number of halogens is 1. The maximum absolute atomic E-state index is 3.49. The van der Waals surface area contributed by atoms with Crippen molar-refractivity contribution in [2.45, 2.75) is 6.92 Å². The first kappa shape index (κ1) is 5.96. The Morgan fingerprint density at radius 3 is 2.33 bits per heavy atom. The van der Waals surface area contributed by atoms with Crippen molar-refractivity contribution in [1.29, 1.82) is 0 Å². The third-order valence-electron chi connectivity index (χ3n) is 0.348. The van der Waals surface area contributed by atoms with Crippen molar-refractivity contribution >= 4 is 15.9 Å². The Balaban J connectivity index is 3.41. The molecule has 0 aliphatic heterocycles. The summed E-state index contributed by atoms with van der Waals surface area (Å²) in [6, 6.07) is 0. The average molecular weight is 147 g/mol. The zero-order chi connectivity index (χ0) is 4.99. The maximum atomic E-state index is 3.49. The Bertz CT molecular complexity index is 68.0. The molecule has 0 bridgehead atoms. The normalized spacial score (nSPS) is 11.3. The molecule has 0 aliphatic carbocycles. The summed E-state index contributed by atoms with van der Waals surface area (Å²) in [4.78, 5) is 0. The quantitative estimate of drug-likeness (QED) is 0.499. The minimum Gasteiger partial charge on any atom is -0.0990 e. The molecular formula is C5H7Br. The predicted molar refractivity (Wildman–Crippen MR) is 32.9 cm³/mol. The lowest BCUT2D eigenvalue weighted by molar-refractivity contribution is 1.70. The van der Waals surface area contributed by atoms with Gasteiger partial charge in [0.1, 0.15) is 0 Å². The molecule has 0 fully saturated rings. The largest absolute Gasteiger partial charge is 0.0990 e. The fourth-order valence-electron chi connectivity index (χ4n) is 0.162. The smallest absolute Gasteiger partial charge is 0.00806 e. The van der Waals surface area contributed by atoms with Gasteiger partial charge in [-0.15, -0.1) is 0 Å². The van der Waals surface area contributed by atoms with Crippen LogP contribution in [0.5, 0.6) is 0 Å². The van der Waals surface area contributed by atoms with Gasteiger partial charge in [-0.1, -0.05) is 34.7 Å². The molecule has 0 unspecified atom stereocenters. The van der Waals surface area contributed by atoms with Crippen LogP contribution in [0.3, 0.4) is 0 Å². The fraction of sp³-hybridized carbons (Fsp3) is 0.200. The van der Waals surface area contributed by atoms with E-state index in [9.17, 15) is 0 Å². The summed E-state index contributed by atoms with van der Waals surface area (Å²) < 4.78 is 1.11. The highest BCUT2D eigenvalue weighted by Gasteiger charge is 1.66. The topological polar surface area (TPSA) is 0 Å². The zero-order valence-electron chi connectivity index (χ0n) is 3.74. The molecule has 0 nitrogen and oxygen atoms in total. The van der Waals surface area contributed by atoms with Crippen LogP contribution in [0.1, 0.15) is 6.92 Å². The lowest BCUT2D eigenvalue weighted by Gasteiger charge is -1.73. The SMILES string of the molecule is C=C/C=C(\C)Br. The molecule has 0 aromatic heterocycles. The molecule has 0 spiro atoms. The van der Waals surface area contributed by atoms with Gasteiger partial charge in [0.15, 0.2) is 0 Å². The second-order valence-corrected chi connectivity index (χ2v) is 2.24. The van der Waals surface area contributed by atoms with Crippen molar-refractivity contribution in [3.05, 3.63) is 23.2 Å². The molecule has 1 heteroatoms. The lowest BCUT2D eigenvalue weighted by atomic mass is 10.5. The minimum absolute atomic E-state index is 1.11. The summed E-state index contributed by atoms with van der Waals surface area (Å²) in [7, 11) is 0. The van der Waals surface area contributed by atoms with Crippen molar-refractivity contribution < 1.29 is 0 Å². The van der Waals surface area contributed by atoms with Crippen LogP contribution in [0.4, 0.5) is 0 Å². The van der Waals surface area contributed by atoms with E-state index in [0.29, 0.717) is 0 Å². The van der Waals surface area contributed by atoms with Gasteiger partial charge in [0.05, 0.1) is 0 Å². The van der Waals surface area contributed by atoms with Crippen LogP contribution in [-0.2, 0) is 0 Å². The van der Waals surface area contributed by atoms with Crippen molar-refractivity contribution in [3.63, 3.8) is 0 Å². The second kappa shape index (κ2) is 3.16. The first-order valence-electron chi connectivity index (χ1n) is 1.72. The Hall–Kier alpha value is -0.0400. The number of rotatable bonds is 1. The first-order chi connectivity index (χ1) is 2.77. The molecule has 0 aromatic rings. The van der Waals surface area contributed by atoms with E-state index in [-0.39, 0.29) is 0 Å². The molecule has 0 amide bonds. The van der Waals surface area contributed by atoms with Crippen molar-refractivity contribution in [2.75, 3.05) is 0 Å². The molecular weight excluding hydrogens is 140 g/mol. The van der Waals surface area contributed by atoms with Crippen LogP contribution >= 0.6 is 15.9 Å². The Kier molecular flexibility index (Phi) is 3.14. The van der Waals surface area contributed by atoms with E-state index in [2.05, 4.69) is 22.5 Å². The molecule has 6 heavy (non-hydrogen) atoms. The molecule has 0 atom stereocenters. The van der Waals surface area contributed by atoms with E-state index >= 15 is 0 Å². The van der Waals surface area contributed by atoms with E-state index in [4.69, 9.17) is 0 Å². The number of hydrogen-bond donors (Lipinski definition) is 0. The first-order valence-corrected chi connectivity index (χ1v) is 2.51. The summed E-state index contributed by atoms with van der Waals surface area (Å²) in [6.07, 6.45) is 3.63. The van der Waals surface area contributed by atoms with Gasteiger partial charge in [-0.3, -0.25) is 0 Å². The van der Waals surface area contributed by atoms with Crippen LogP contribution in [0, 0.1) is 0 Å². The predicted octanol–water partition coefficient (Wildman–Crippen LogP) is 2.47. The van der Waals surface area contributed by atoms with E-state index in [1.807, 2.05) is 13.0 Å².